The maximum Gasteiger partial charge on any atom is 0.410 e. The quantitative estimate of drug-likeness (QED) is 0.787. The molecule has 0 unspecified atom stereocenters. The van der Waals surface area contributed by atoms with Gasteiger partial charge in [0.05, 0.1) is 6.61 Å². The first-order valence-corrected chi connectivity index (χ1v) is 8.32. The van der Waals surface area contributed by atoms with Gasteiger partial charge in [-0.3, -0.25) is 0 Å². The second-order valence-electron chi connectivity index (χ2n) is 7.42. The molecule has 1 aliphatic heterocycles. The molecule has 1 heterocycles. The van der Waals surface area contributed by atoms with Crippen molar-refractivity contribution in [2.24, 2.45) is 11.8 Å². The minimum absolute atomic E-state index is 0.206. The molecule has 124 valence electrons. The van der Waals surface area contributed by atoms with Gasteiger partial charge in [-0.1, -0.05) is 13.0 Å². The number of hydrogen-bond donors (Lipinski definition) is 0. The summed E-state index contributed by atoms with van der Waals surface area (Å²) in [6, 6.07) is 0. The summed E-state index contributed by atoms with van der Waals surface area (Å²) >= 11 is 0. The molecule has 1 fully saturated rings. The van der Waals surface area contributed by atoms with Gasteiger partial charge in [-0.25, -0.2) is 4.79 Å². The van der Waals surface area contributed by atoms with Gasteiger partial charge in [0.15, 0.2) is 0 Å². The van der Waals surface area contributed by atoms with Gasteiger partial charge < -0.3 is 14.4 Å². The van der Waals surface area contributed by atoms with Crippen LogP contribution in [-0.4, -0.2) is 36.3 Å². The van der Waals surface area contributed by atoms with E-state index in [1.807, 2.05) is 25.7 Å². The van der Waals surface area contributed by atoms with Gasteiger partial charge in [-0.15, -0.1) is 0 Å². The zero-order valence-electron chi connectivity index (χ0n) is 14.3. The van der Waals surface area contributed by atoms with Gasteiger partial charge in [0.25, 0.3) is 0 Å². The van der Waals surface area contributed by atoms with Crippen molar-refractivity contribution in [3.05, 3.63) is 24.0 Å². The maximum absolute atomic E-state index is 12.1. The van der Waals surface area contributed by atoms with Gasteiger partial charge >= 0.3 is 6.09 Å². The predicted octanol–water partition coefficient (Wildman–Crippen LogP) is 4.13. The van der Waals surface area contributed by atoms with Crippen molar-refractivity contribution in [1.29, 1.82) is 0 Å². The number of carbonyl (C=O) groups excluding carboxylic acids is 1. The first kappa shape index (κ1) is 16.9. The normalized spacial score (nSPS) is 25.6. The van der Waals surface area contributed by atoms with Crippen LogP contribution in [0.25, 0.3) is 0 Å². The minimum atomic E-state index is -0.436. The molecule has 1 saturated heterocycles. The highest BCUT2D eigenvalue weighted by Crippen LogP contribution is 2.22. The van der Waals surface area contributed by atoms with Crippen LogP contribution in [-0.2, 0) is 9.47 Å². The van der Waals surface area contributed by atoms with E-state index in [1.165, 1.54) is 0 Å². The third-order valence-electron chi connectivity index (χ3n) is 3.94. The van der Waals surface area contributed by atoms with Crippen LogP contribution in [0.2, 0.25) is 0 Å². The molecule has 4 nitrogen and oxygen atoms in total. The Bertz CT molecular complexity index is 448. The van der Waals surface area contributed by atoms with E-state index in [-0.39, 0.29) is 6.09 Å². The molecule has 0 N–H and O–H groups in total. The number of carbonyl (C=O) groups is 1. The molecule has 2 rings (SSSR count). The monoisotopic (exact) mass is 307 g/mol. The number of piperidine rings is 1. The van der Waals surface area contributed by atoms with E-state index < -0.39 is 5.60 Å². The summed E-state index contributed by atoms with van der Waals surface area (Å²) in [6.07, 6.45) is 9.35. The van der Waals surface area contributed by atoms with E-state index in [9.17, 15) is 4.79 Å². The number of ether oxygens (including phenoxy) is 2. The fraction of sp³-hybridized carbons (Fsp3) is 0.722. The van der Waals surface area contributed by atoms with Crippen LogP contribution in [0, 0.1) is 11.8 Å². The first-order chi connectivity index (χ1) is 10.3. The standard InChI is InChI=1S/C18H29NO3/c1-14-7-9-16(10-8-14)21-13-15-6-5-11-19(12-15)17(20)22-18(2,3)4/h7,9-10,14-15H,5-6,8,11-13H2,1-4H3/t14-,15+/m0/s1. The summed E-state index contributed by atoms with van der Waals surface area (Å²) in [6.45, 7) is 10.1. The highest BCUT2D eigenvalue weighted by Gasteiger charge is 2.28. The van der Waals surface area contributed by atoms with Crippen LogP contribution in [0.15, 0.2) is 24.0 Å². The van der Waals surface area contributed by atoms with Gasteiger partial charge in [-0.2, -0.15) is 0 Å². The van der Waals surface area contributed by atoms with Gasteiger partial charge in [-0.05, 0) is 58.1 Å². The number of hydrogen-bond acceptors (Lipinski definition) is 3. The molecule has 1 aliphatic carbocycles. The van der Waals surface area contributed by atoms with E-state index in [2.05, 4.69) is 25.2 Å². The topological polar surface area (TPSA) is 38.8 Å². The Morgan fingerprint density at radius 2 is 2.18 bits per heavy atom. The summed E-state index contributed by atoms with van der Waals surface area (Å²) in [5, 5.41) is 0. The Hall–Kier alpha value is -1.45. The van der Waals surface area contributed by atoms with E-state index in [0.717, 1.165) is 38.1 Å². The molecule has 2 aliphatic rings. The van der Waals surface area contributed by atoms with Crippen LogP contribution in [0.4, 0.5) is 4.79 Å². The third kappa shape index (κ3) is 5.39. The fourth-order valence-electron chi connectivity index (χ4n) is 2.72. The van der Waals surface area contributed by atoms with Gasteiger partial charge in [0.1, 0.15) is 11.4 Å². The largest absolute Gasteiger partial charge is 0.494 e. The molecule has 0 aromatic carbocycles. The second kappa shape index (κ2) is 7.21. The van der Waals surface area contributed by atoms with E-state index in [0.29, 0.717) is 18.4 Å². The predicted molar refractivity (Wildman–Crippen MR) is 87.5 cm³/mol. The van der Waals surface area contributed by atoms with Crippen molar-refractivity contribution in [1.82, 2.24) is 4.90 Å². The molecule has 0 radical (unpaired) electrons. The van der Waals surface area contributed by atoms with Crippen LogP contribution in [0.5, 0.6) is 0 Å². The molecule has 0 aromatic heterocycles. The number of allylic oxidation sites excluding steroid dienone is 3. The lowest BCUT2D eigenvalue weighted by Gasteiger charge is -2.34. The molecule has 0 saturated carbocycles. The fourth-order valence-corrected chi connectivity index (χ4v) is 2.72. The smallest absolute Gasteiger partial charge is 0.410 e. The minimum Gasteiger partial charge on any atom is -0.494 e. The van der Waals surface area contributed by atoms with Gasteiger partial charge in [0, 0.05) is 19.0 Å². The van der Waals surface area contributed by atoms with E-state index >= 15 is 0 Å². The number of nitrogens with zero attached hydrogens (tertiary/aromatic N) is 1. The molecule has 4 heteroatoms. The van der Waals surface area contributed by atoms with Crippen molar-refractivity contribution in [3.8, 4) is 0 Å². The summed E-state index contributed by atoms with van der Waals surface area (Å²) in [5.74, 6) is 1.95. The van der Waals surface area contributed by atoms with Crippen LogP contribution < -0.4 is 0 Å². The highest BCUT2D eigenvalue weighted by atomic mass is 16.6. The number of rotatable bonds is 3. The number of likely N-dealkylation sites (tertiary alicyclic amines) is 1. The van der Waals surface area contributed by atoms with Crippen molar-refractivity contribution in [3.63, 3.8) is 0 Å². The Morgan fingerprint density at radius 3 is 2.82 bits per heavy atom. The molecule has 0 spiro atoms. The van der Waals surface area contributed by atoms with Crippen LogP contribution >= 0.6 is 0 Å². The van der Waals surface area contributed by atoms with Crippen molar-refractivity contribution in [2.75, 3.05) is 19.7 Å². The Kier molecular flexibility index (Phi) is 5.54. The maximum atomic E-state index is 12.1. The lowest BCUT2D eigenvalue weighted by Crippen LogP contribution is -2.43. The van der Waals surface area contributed by atoms with Crippen molar-refractivity contribution >= 4 is 6.09 Å². The molecule has 1 amide bonds. The summed E-state index contributed by atoms with van der Waals surface area (Å²) in [7, 11) is 0. The SMILES string of the molecule is C[C@H]1C=CC(OC[C@@H]2CCCN(C(=O)OC(C)(C)C)C2)=CC1. The molecule has 2 atom stereocenters. The van der Waals surface area contributed by atoms with Crippen molar-refractivity contribution in [2.45, 2.75) is 52.6 Å². The molecule has 0 aromatic rings. The zero-order chi connectivity index (χ0) is 16.2. The van der Waals surface area contributed by atoms with E-state index in [4.69, 9.17) is 9.47 Å². The lowest BCUT2D eigenvalue weighted by molar-refractivity contribution is 0.0118. The summed E-state index contributed by atoms with van der Waals surface area (Å²) < 4.78 is 11.4. The second-order valence-corrected chi connectivity index (χ2v) is 7.42. The first-order valence-electron chi connectivity index (χ1n) is 8.32. The average molecular weight is 307 g/mol. The Balaban J connectivity index is 1.78. The van der Waals surface area contributed by atoms with Crippen LogP contribution in [0.1, 0.15) is 47.0 Å². The average Bonchev–Trinajstić information content (AvgIpc) is 2.45. The third-order valence-corrected chi connectivity index (χ3v) is 3.94. The molecule has 22 heavy (non-hydrogen) atoms. The molecular weight excluding hydrogens is 278 g/mol. The highest BCUT2D eigenvalue weighted by molar-refractivity contribution is 5.68. The zero-order valence-corrected chi connectivity index (χ0v) is 14.3. The Labute approximate surface area is 134 Å². The summed E-state index contributed by atoms with van der Waals surface area (Å²) in [4.78, 5) is 14.0. The van der Waals surface area contributed by atoms with Crippen molar-refractivity contribution < 1.29 is 14.3 Å². The molecular formula is C18H29NO3. The van der Waals surface area contributed by atoms with Crippen LogP contribution in [0.3, 0.4) is 0 Å². The lowest BCUT2D eigenvalue weighted by atomic mass is 9.99. The van der Waals surface area contributed by atoms with Gasteiger partial charge in [0.2, 0.25) is 0 Å². The van der Waals surface area contributed by atoms with E-state index in [1.54, 1.807) is 0 Å². The summed E-state index contributed by atoms with van der Waals surface area (Å²) in [5.41, 5.74) is -0.436. The Morgan fingerprint density at radius 1 is 1.41 bits per heavy atom. The number of amides is 1. The molecule has 0 bridgehead atoms.